The molecule has 0 aromatic carbocycles. The highest BCUT2D eigenvalue weighted by atomic mass is 127. The van der Waals surface area contributed by atoms with E-state index in [1.807, 2.05) is 19.2 Å². The molecule has 3 nitrogen and oxygen atoms in total. The number of aromatic nitrogens is 1. The summed E-state index contributed by atoms with van der Waals surface area (Å²) in [4.78, 5) is 15.6. The van der Waals surface area contributed by atoms with Crippen molar-refractivity contribution in [3.63, 3.8) is 0 Å². The Hall–Kier alpha value is -0.690. The first-order chi connectivity index (χ1) is 8.88. The summed E-state index contributed by atoms with van der Waals surface area (Å²) in [7, 11) is 0. The Morgan fingerprint density at radius 3 is 2.63 bits per heavy atom. The molecule has 1 heterocycles. The van der Waals surface area contributed by atoms with E-state index in [1.165, 1.54) is 6.92 Å². The smallest absolute Gasteiger partial charge is 0.307 e. The Kier molecular flexibility index (Phi) is 6.71. The van der Waals surface area contributed by atoms with E-state index in [4.69, 9.17) is 4.74 Å². The lowest BCUT2D eigenvalue weighted by atomic mass is 10.1. The van der Waals surface area contributed by atoms with Gasteiger partial charge in [0.15, 0.2) is 0 Å². The monoisotopic (exact) mass is 391 g/mol. The number of thiazole rings is 1. The van der Waals surface area contributed by atoms with E-state index in [2.05, 4.69) is 34.2 Å². The molecule has 0 bridgehead atoms. The predicted octanol–water partition coefficient (Wildman–Crippen LogP) is 4.56. The van der Waals surface area contributed by atoms with Gasteiger partial charge in [0.1, 0.15) is 5.76 Å². The van der Waals surface area contributed by atoms with Gasteiger partial charge in [-0.3, -0.25) is 4.79 Å². The van der Waals surface area contributed by atoms with E-state index >= 15 is 0 Å². The average molecular weight is 391 g/mol. The molecule has 0 aliphatic carbocycles. The van der Waals surface area contributed by atoms with Gasteiger partial charge in [-0.15, -0.1) is 11.3 Å². The lowest BCUT2D eigenvalue weighted by molar-refractivity contribution is -0.137. The van der Waals surface area contributed by atoms with Gasteiger partial charge in [-0.1, -0.05) is 6.58 Å². The molecule has 0 aliphatic heterocycles. The fourth-order valence-electron chi connectivity index (χ4n) is 1.63. The Morgan fingerprint density at radius 2 is 2.16 bits per heavy atom. The number of aryl methyl sites for hydroxylation is 1. The molecule has 0 unspecified atom stereocenters. The number of carbonyl (C=O) groups excluding carboxylic acids is 1. The molecule has 5 heteroatoms. The molecule has 0 spiro atoms. The molecular weight excluding hydrogens is 373 g/mol. The van der Waals surface area contributed by atoms with Crippen LogP contribution in [0, 0.1) is 6.92 Å². The topological polar surface area (TPSA) is 39.2 Å². The average Bonchev–Trinajstić information content (AvgIpc) is 2.69. The first-order valence-corrected chi connectivity index (χ1v) is 7.95. The highest BCUT2D eigenvalue weighted by Crippen LogP contribution is 2.22. The van der Waals surface area contributed by atoms with Gasteiger partial charge in [0, 0.05) is 25.1 Å². The Balaban J connectivity index is 2.81. The van der Waals surface area contributed by atoms with E-state index in [0.717, 1.165) is 38.5 Å². The van der Waals surface area contributed by atoms with E-state index < -0.39 is 0 Å². The number of ether oxygens (including phenoxy) is 1. The van der Waals surface area contributed by atoms with Crippen LogP contribution < -0.4 is 0 Å². The molecule has 1 aromatic rings. The van der Waals surface area contributed by atoms with E-state index in [0.29, 0.717) is 6.42 Å². The van der Waals surface area contributed by atoms with Crippen molar-refractivity contribution in [2.45, 2.75) is 40.0 Å². The normalized spacial score (nSPS) is 12.0. The number of carbonyl (C=O) groups is 1. The van der Waals surface area contributed by atoms with Gasteiger partial charge in [-0.2, -0.15) is 0 Å². The number of rotatable bonds is 6. The van der Waals surface area contributed by atoms with Crippen molar-refractivity contribution in [2.24, 2.45) is 0 Å². The van der Waals surface area contributed by atoms with Crippen molar-refractivity contribution in [1.29, 1.82) is 0 Å². The minimum atomic E-state index is -0.275. The quantitative estimate of drug-likeness (QED) is 0.406. The van der Waals surface area contributed by atoms with Gasteiger partial charge < -0.3 is 4.74 Å². The molecule has 0 radical (unpaired) electrons. The van der Waals surface area contributed by atoms with Crippen LogP contribution in [-0.2, 0) is 16.0 Å². The fraction of sp³-hybridized carbons (Fsp3) is 0.429. The Morgan fingerprint density at radius 1 is 1.47 bits per heavy atom. The zero-order chi connectivity index (χ0) is 14.4. The zero-order valence-corrected chi connectivity index (χ0v) is 14.4. The Bertz CT molecular complexity index is 505. The van der Waals surface area contributed by atoms with Gasteiger partial charge in [0.05, 0.1) is 10.7 Å². The van der Waals surface area contributed by atoms with Crippen molar-refractivity contribution in [3.05, 3.63) is 37.6 Å². The van der Waals surface area contributed by atoms with Crippen molar-refractivity contribution in [3.8, 4) is 0 Å². The minimum absolute atomic E-state index is 0.275. The van der Waals surface area contributed by atoms with Crippen LogP contribution in [0.15, 0.2) is 26.9 Å². The largest absolute Gasteiger partial charge is 0.431 e. The molecule has 0 fully saturated rings. The van der Waals surface area contributed by atoms with Crippen LogP contribution in [0.25, 0.3) is 0 Å². The summed E-state index contributed by atoms with van der Waals surface area (Å²) in [6.07, 6.45) is 2.24. The third-order valence-corrected chi connectivity index (χ3v) is 3.84. The molecule has 0 atom stereocenters. The second-order valence-corrected chi connectivity index (χ2v) is 6.94. The summed E-state index contributed by atoms with van der Waals surface area (Å²) in [6.45, 7) is 9.27. The first kappa shape index (κ1) is 16.4. The number of allylic oxidation sites excluding steroid dienone is 3. The van der Waals surface area contributed by atoms with Gasteiger partial charge in [0.2, 0.25) is 0 Å². The number of esters is 1. The molecule has 0 saturated carbocycles. The number of hydrogen-bond acceptors (Lipinski definition) is 4. The van der Waals surface area contributed by atoms with Gasteiger partial charge in [-0.05, 0) is 52.0 Å². The first-order valence-electron chi connectivity index (χ1n) is 5.99. The molecule has 1 rings (SSSR count). The molecule has 19 heavy (non-hydrogen) atoms. The number of hydrogen-bond donors (Lipinski definition) is 0. The maximum absolute atomic E-state index is 11.2. The third-order valence-electron chi connectivity index (χ3n) is 2.48. The van der Waals surface area contributed by atoms with Gasteiger partial charge >= 0.3 is 5.97 Å². The minimum Gasteiger partial charge on any atom is -0.431 e. The zero-order valence-electron chi connectivity index (χ0n) is 11.5. The highest BCUT2D eigenvalue weighted by molar-refractivity contribution is 14.1. The second-order valence-electron chi connectivity index (χ2n) is 4.35. The van der Waals surface area contributed by atoms with E-state index in [-0.39, 0.29) is 5.97 Å². The van der Waals surface area contributed by atoms with Crippen LogP contribution in [0.5, 0.6) is 0 Å². The van der Waals surface area contributed by atoms with Crippen LogP contribution in [0.3, 0.4) is 0 Å². The maximum Gasteiger partial charge on any atom is 0.307 e. The predicted molar refractivity (Wildman–Crippen MR) is 87.4 cm³/mol. The number of nitrogens with zero attached hydrogens (tertiary/aromatic N) is 1. The SMILES string of the molecule is C=C(I)CCC(OC(C)=O)=C(C)Cc1csc(C)n1. The van der Waals surface area contributed by atoms with Crippen molar-refractivity contribution >= 4 is 39.9 Å². The highest BCUT2D eigenvalue weighted by Gasteiger charge is 2.10. The fourth-order valence-corrected chi connectivity index (χ4v) is 2.52. The van der Waals surface area contributed by atoms with Gasteiger partial charge in [-0.25, -0.2) is 4.98 Å². The third kappa shape index (κ3) is 6.33. The van der Waals surface area contributed by atoms with Crippen LogP contribution >= 0.6 is 33.9 Å². The summed E-state index contributed by atoms with van der Waals surface area (Å²) in [6, 6.07) is 0. The molecule has 0 saturated heterocycles. The van der Waals surface area contributed by atoms with Crippen molar-refractivity contribution < 1.29 is 9.53 Å². The van der Waals surface area contributed by atoms with Gasteiger partial charge in [0.25, 0.3) is 0 Å². The molecule has 104 valence electrons. The Labute approximate surface area is 131 Å². The lowest BCUT2D eigenvalue weighted by Crippen LogP contribution is -2.03. The summed E-state index contributed by atoms with van der Waals surface area (Å²) in [5.74, 6) is 0.471. The maximum atomic E-state index is 11.2. The molecule has 0 N–H and O–H groups in total. The molecular formula is C14H18INO2S. The van der Waals surface area contributed by atoms with Crippen LogP contribution in [-0.4, -0.2) is 11.0 Å². The van der Waals surface area contributed by atoms with E-state index in [9.17, 15) is 4.79 Å². The summed E-state index contributed by atoms with van der Waals surface area (Å²) < 4.78 is 6.37. The van der Waals surface area contributed by atoms with Crippen LogP contribution in [0.1, 0.15) is 37.4 Å². The standard InChI is InChI=1S/C14H18INO2S/c1-9(7-13-8-19-11(3)16-13)14(18-12(4)17)6-5-10(2)15/h8H,2,5-7H2,1,3-4H3. The molecule has 0 aliphatic rings. The summed E-state index contributed by atoms with van der Waals surface area (Å²) >= 11 is 3.83. The van der Waals surface area contributed by atoms with Crippen LogP contribution in [0.4, 0.5) is 0 Å². The van der Waals surface area contributed by atoms with Crippen LogP contribution in [0.2, 0.25) is 0 Å². The number of halogens is 1. The summed E-state index contributed by atoms with van der Waals surface area (Å²) in [5, 5.41) is 3.10. The summed E-state index contributed by atoms with van der Waals surface area (Å²) in [5.41, 5.74) is 2.08. The molecule has 0 amide bonds. The van der Waals surface area contributed by atoms with E-state index in [1.54, 1.807) is 11.3 Å². The van der Waals surface area contributed by atoms with Crippen molar-refractivity contribution in [2.75, 3.05) is 0 Å². The van der Waals surface area contributed by atoms with Crippen molar-refractivity contribution in [1.82, 2.24) is 4.98 Å². The second kappa shape index (κ2) is 7.79. The molecule has 1 aromatic heterocycles. The lowest BCUT2D eigenvalue weighted by Gasteiger charge is -2.11.